The van der Waals surface area contributed by atoms with Crippen LogP contribution in [0.15, 0.2) is 0 Å². The summed E-state index contributed by atoms with van der Waals surface area (Å²) in [5, 5.41) is 8.32. The molecule has 0 bridgehead atoms. The number of nitrogens with two attached hydrogens (primary N) is 1. The molecule has 5 nitrogen and oxygen atoms in total. The summed E-state index contributed by atoms with van der Waals surface area (Å²) < 4.78 is 0. The zero-order valence-electron chi connectivity index (χ0n) is 5.29. The van der Waals surface area contributed by atoms with Gasteiger partial charge in [-0.15, -0.1) is 0 Å². The molecule has 0 aromatic rings. The minimum Gasteiger partial charge on any atom is -0.395 e. The lowest BCUT2D eigenvalue weighted by Crippen LogP contribution is -2.42. The lowest BCUT2D eigenvalue weighted by atomic mass is 10.6. The number of aliphatic hydroxyl groups excluding tert-OH is 1. The predicted molar refractivity (Wildman–Crippen MR) is 32.4 cm³/mol. The molecule has 54 valence electrons. The van der Waals surface area contributed by atoms with E-state index in [0.717, 1.165) is 0 Å². The second kappa shape index (κ2) is 4.11. The minimum absolute atomic E-state index is 0.0517. The molecule has 4 N–H and O–H groups in total. The van der Waals surface area contributed by atoms with Crippen LogP contribution in [0.2, 0.25) is 0 Å². The van der Waals surface area contributed by atoms with Gasteiger partial charge in [-0.25, -0.2) is 10.6 Å². The summed E-state index contributed by atoms with van der Waals surface area (Å²) >= 11 is 0. The van der Waals surface area contributed by atoms with Crippen LogP contribution in [-0.4, -0.2) is 36.2 Å². The summed E-state index contributed by atoms with van der Waals surface area (Å²) in [5.41, 5.74) is 1.93. The maximum absolute atomic E-state index is 10.5. The molecule has 0 aliphatic rings. The summed E-state index contributed by atoms with van der Waals surface area (Å²) in [4.78, 5) is 11.8. The second-order valence-corrected chi connectivity index (χ2v) is 1.59. The maximum Gasteiger partial charge on any atom is 0.331 e. The summed E-state index contributed by atoms with van der Waals surface area (Å²) in [6.07, 6.45) is 0. The van der Waals surface area contributed by atoms with E-state index in [0.29, 0.717) is 6.54 Å². The Balaban J connectivity index is 3.45. The van der Waals surface area contributed by atoms with Crippen molar-refractivity contribution in [2.75, 3.05) is 20.2 Å². The standard InChI is InChI=1S/C4H11N3O2/c1-7(2-3-8)4(9)6-5/h8H,2-3,5H2,1H3,(H,6,9). The van der Waals surface area contributed by atoms with Crippen molar-refractivity contribution in [2.24, 2.45) is 5.84 Å². The first-order valence-corrected chi connectivity index (χ1v) is 2.55. The van der Waals surface area contributed by atoms with Crippen LogP contribution in [0.5, 0.6) is 0 Å². The lowest BCUT2D eigenvalue weighted by molar-refractivity contribution is 0.191. The SMILES string of the molecule is CN(CCO)C(=O)NN. The van der Waals surface area contributed by atoms with Gasteiger partial charge in [-0.3, -0.25) is 5.43 Å². The largest absolute Gasteiger partial charge is 0.395 e. The van der Waals surface area contributed by atoms with Crippen LogP contribution < -0.4 is 11.3 Å². The van der Waals surface area contributed by atoms with Gasteiger partial charge in [0.25, 0.3) is 0 Å². The number of likely N-dealkylation sites (N-methyl/N-ethyl adjacent to an activating group) is 1. The summed E-state index contributed by atoms with van der Waals surface area (Å²) in [5.74, 6) is 4.78. The summed E-state index contributed by atoms with van der Waals surface area (Å²) in [6.45, 7) is 0.243. The molecule has 5 heteroatoms. The number of carbonyl (C=O) groups is 1. The van der Waals surface area contributed by atoms with E-state index in [1.807, 2.05) is 5.43 Å². The molecule has 0 saturated carbocycles. The van der Waals surface area contributed by atoms with E-state index in [9.17, 15) is 4.79 Å². The van der Waals surface area contributed by atoms with E-state index in [2.05, 4.69) is 0 Å². The Morgan fingerprint density at radius 2 is 2.44 bits per heavy atom. The van der Waals surface area contributed by atoms with Gasteiger partial charge in [-0.2, -0.15) is 0 Å². The van der Waals surface area contributed by atoms with Gasteiger partial charge in [-0.1, -0.05) is 0 Å². The molecule has 0 saturated heterocycles. The third-order valence-corrected chi connectivity index (χ3v) is 0.906. The normalized spacial score (nSPS) is 8.78. The van der Waals surface area contributed by atoms with E-state index < -0.39 is 6.03 Å². The fourth-order valence-corrected chi connectivity index (χ4v) is 0.362. The molecule has 9 heavy (non-hydrogen) atoms. The molecule has 0 aliphatic heterocycles. The van der Waals surface area contributed by atoms with Crippen LogP contribution in [0.3, 0.4) is 0 Å². The Kier molecular flexibility index (Phi) is 3.74. The molecule has 0 aromatic carbocycles. The van der Waals surface area contributed by atoms with Crippen molar-refractivity contribution in [1.29, 1.82) is 0 Å². The quantitative estimate of drug-likeness (QED) is 0.243. The van der Waals surface area contributed by atoms with Crippen LogP contribution >= 0.6 is 0 Å². The molecule has 0 heterocycles. The summed E-state index contributed by atoms with van der Waals surface area (Å²) in [6, 6.07) is -0.399. The Hall–Kier alpha value is -0.810. The van der Waals surface area contributed by atoms with E-state index >= 15 is 0 Å². The third kappa shape index (κ3) is 2.89. The molecular weight excluding hydrogens is 122 g/mol. The first-order valence-electron chi connectivity index (χ1n) is 2.55. The molecule has 0 unspecified atom stereocenters. The van der Waals surface area contributed by atoms with Crippen LogP contribution in [0.25, 0.3) is 0 Å². The highest BCUT2D eigenvalue weighted by molar-refractivity contribution is 5.72. The molecule has 0 radical (unpaired) electrons. The number of aliphatic hydroxyl groups is 1. The van der Waals surface area contributed by atoms with Gasteiger partial charge in [0.05, 0.1) is 6.61 Å². The highest BCUT2D eigenvalue weighted by Gasteiger charge is 2.02. The number of amides is 2. The number of hydrazine groups is 1. The average molecular weight is 133 g/mol. The molecule has 0 atom stereocenters. The maximum atomic E-state index is 10.5. The Labute approximate surface area is 53.4 Å². The minimum atomic E-state index is -0.399. The van der Waals surface area contributed by atoms with Crippen LogP contribution in [-0.2, 0) is 0 Å². The van der Waals surface area contributed by atoms with Gasteiger partial charge in [0.15, 0.2) is 0 Å². The number of rotatable bonds is 2. The Morgan fingerprint density at radius 3 is 2.78 bits per heavy atom. The van der Waals surface area contributed by atoms with Crippen LogP contribution in [0.4, 0.5) is 4.79 Å². The first-order chi connectivity index (χ1) is 4.22. The highest BCUT2D eigenvalue weighted by atomic mass is 16.3. The van der Waals surface area contributed by atoms with Gasteiger partial charge < -0.3 is 10.0 Å². The Bertz CT molecular complexity index is 95.8. The predicted octanol–water partition coefficient (Wildman–Crippen LogP) is -1.51. The number of nitrogens with one attached hydrogen (secondary N) is 1. The van der Waals surface area contributed by atoms with Crippen molar-refractivity contribution in [3.8, 4) is 0 Å². The topological polar surface area (TPSA) is 78.6 Å². The van der Waals surface area contributed by atoms with E-state index in [1.54, 1.807) is 7.05 Å². The van der Waals surface area contributed by atoms with Gasteiger partial charge in [0, 0.05) is 13.6 Å². The zero-order valence-corrected chi connectivity index (χ0v) is 5.29. The van der Waals surface area contributed by atoms with Crippen molar-refractivity contribution in [2.45, 2.75) is 0 Å². The molecule has 0 aliphatic carbocycles. The van der Waals surface area contributed by atoms with Crippen molar-refractivity contribution in [1.82, 2.24) is 10.3 Å². The van der Waals surface area contributed by atoms with Gasteiger partial charge in [-0.05, 0) is 0 Å². The fourth-order valence-electron chi connectivity index (χ4n) is 0.362. The Morgan fingerprint density at radius 1 is 1.89 bits per heavy atom. The van der Waals surface area contributed by atoms with E-state index in [1.165, 1.54) is 4.90 Å². The first kappa shape index (κ1) is 8.19. The second-order valence-electron chi connectivity index (χ2n) is 1.59. The highest BCUT2D eigenvalue weighted by Crippen LogP contribution is 1.78. The molecular formula is C4H11N3O2. The van der Waals surface area contributed by atoms with E-state index in [-0.39, 0.29) is 6.61 Å². The molecule has 2 amide bonds. The van der Waals surface area contributed by atoms with Gasteiger partial charge in [0.2, 0.25) is 0 Å². The van der Waals surface area contributed by atoms with E-state index in [4.69, 9.17) is 10.9 Å². The fraction of sp³-hybridized carbons (Fsp3) is 0.750. The average Bonchev–Trinajstić information content (AvgIpc) is 1.87. The zero-order chi connectivity index (χ0) is 7.28. The third-order valence-electron chi connectivity index (χ3n) is 0.906. The molecule has 0 aromatic heterocycles. The van der Waals surface area contributed by atoms with Crippen molar-refractivity contribution >= 4 is 6.03 Å². The van der Waals surface area contributed by atoms with Crippen molar-refractivity contribution in [3.05, 3.63) is 0 Å². The number of hydrogen-bond acceptors (Lipinski definition) is 3. The summed E-state index contributed by atoms with van der Waals surface area (Å²) in [7, 11) is 1.54. The molecule has 0 rings (SSSR count). The number of nitrogens with zero attached hydrogens (tertiary/aromatic N) is 1. The number of urea groups is 1. The molecule has 0 spiro atoms. The number of hydrogen-bond donors (Lipinski definition) is 3. The van der Waals surface area contributed by atoms with Gasteiger partial charge in [0.1, 0.15) is 0 Å². The van der Waals surface area contributed by atoms with Crippen LogP contribution in [0, 0.1) is 0 Å². The smallest absolute Gasteiger partial charge is 0.331 e. The van der Waals surface area contributed by atoms with Gasteiger partial charge >= 0.3 is 6.03 Å². The van der Waals surface area contributed by atoms with Crippen molar-refractivity contribution < 1.29 is 9.90 Å². The van der Waals surface area contributed by atoms with Crippen molar-refractivity contribution in [3.63, 3.8) is 0 Å². The lowest BCUT2D eigenvalue weighted by Gasteiger charge is -2.13. The number of carbonyl (C=O) groups excluding carboxylic acids is 1. The molecule has 0 fully saturated rings. The monoisotopic (exact) mass is 133 g/mol. The van der Waals surface area contributed by atoms with Crippen LogP contribution in [0.1, 0.15) is 0 Å².